The molecular formula is C22H22N2O3. The van der Waals surface area contributed by atoms with E-state index in [1.807, 2.05) is 36.4 Å². The molecule has 1 aliphatic rings. The molecule has 1 aliphatic heterocycles. The van der Waals surface area contributed by atoms with Gasteiger partial charge in [0.05, 0.1) is 18.7 Å². The van der Waals surface area contributed by atoms with E-state index in [1.165, 1.54) is 6.08 Å². The predicted octanol–water partition coefficient (Wildman–Crippen LogP) is 3.79. The summed E-state index contributed by atoms with van der Waals surface area (Å²) in [7, 11) is 1.61. The Labute approximate surface area is 159 Å². The lowest BCUT2D eigenvalue weighted by atomic mass is 9.99. The van der Waals surface area contributed by atoms with Crippen molar-refractivity contribution in [3.63, 3.8) is 0 Å². The van der Waals surface area contributed by atoms with Crippen LogP contribution in [0.2, 0.25) is 0 Å². The molecule has 0 spiro atoms. The number of amides is 1. The minimum atomic E-state index is -0.0368. The number of rotatable bonds is 5. The summed E-state index contributed by atoms with van der Waals surface area (Å²) in [4.78, 5) is 13.5. The van der Waals surface area contributed by atoms with Crippen molar-refractivity contribution in [1.29, 1.82) is 5.26 Å². The number of carbonyl (C=O) groups excluding carboxylic acids is 1. The summed E-state index contributed by atoms with van der Waals surface area (Å²) < 4.78 is 11.6. The van der Waals surface area contributed by atoms with Crippen molar-refractivity contribution in [2.24, 2.45) is 0 Å². The molecule has 0 atom stereocenters. The zero-order chi connectivity index (χ0) is 19.2. The van der Waals surface area contributed by atoms with Gasteiger partial charge in [0.2, 0.25) is 5.91 Å². The smallest absolute Gasteiger partial charge is 0.245 e. The van der Waals surface area contributed by atoms with Gasteiger partial charge in [0.1, 0.15) is 17.6 Å². The molecule has 1 saturated heterocycles. The van der Waals surface area contributed by atoms with E-state index >= 15 is 0 Å². The quantitative estimate of drug-likeness (QED) is 0.759. The fourth-order valence-corrected chi connectivity index (χ4v) is 3.30. The van der Waals surface area contributed by atoms with Crippen LogP contribution in [0, 0.1) is 11.3 Å². The van der Waals surface area contributed by atoms with Crippen molar-refractivity contribution in [2.45, 2.75) is 18.9 Å². The Morgan fingerprint density at radius 2 is 1.96 bits per heavy atom. The molecule has 1 fully saturated rings. The van der Waals surface area contributed by atoms with Crippen LogP contribution < -0.4 is 9.47 Å². The summed E-state index contributed by atoms with van der Waals surface area (Å²) in [5.41, 5.74) is 2.21. The summed E-state index contributed by atoms with van der Waals surface area (Å²) in [6.45, 7) is 4.85. The van der Waals surface area contributed by atoms with Gasteiger partial charge >= 0.3 is 0 Å². The summed E-state index contributed by atoms with van der Waals surface area (Å²) in [6, 6.07) is 15.3. The number of hydrogen-bond acceptors (Lipinski definition) is 4. The highest BCUT2D eigenvalue weighted by Crippen LogP contribution is 2.35. The van der Waals surface area contributed by atoms with Crippen molar-refractivity contribution < 1.29 is 14.3 Å². The van der Waals surface area contributed by atoms with Crippen LogP contribution in [0.5, 0.6) is 11.5 Å². The molecule has 2 aromatic rings. The molecule has 0 bridgehead atoms. The van der Waals surface area contributed by atoms with Gasteiger partial charge in [-0.05, 0) is 30.3 Å². The first kappa shape index (κ1) is 18.5. The Bertz CT molecular complexity index is 877. The highest BCUT2D eigenvalue weighted by atomic mass is 16.5. The molecule has 0 unspecified atom stereocenters. The molecule has 2 aromatic carbocycles. The van der Waals surface area contributed by atoms with Crippen LogP contribution in [-0.2, 0) is 4.79 Å². The van der Waals surface area contributed by atoms with E-state index in [-0.39, 0.29) is 12.0 Å². The maximum absolute atomic E-state index is 11.7. The van der Waals surface area contributed by atoms with E-state index in [1.54, 1.807) is 18.1 Å². The van der Waals surface area contributed by atoms with Gasteiger partial charge in [0, 0.05) is 37.1 Å². The number of likely N-dealkylation sites (tertiary alicyclic amines) is 1. The number of piperidine rings is 1. The van der Waals surface area contributed by atoms with E-state index in [2.05, 4.69) is 12.6 Å². The normalized spacial score (nSPS) is 14.3. The summed E-state index contributed by atoms with van der Waals surface area (Å²) in [5, 5.41) is 9.48. The second-order valence-corrected chi connectivity index (χ2v) is 6.37. The third-order valence-corrected chi connectivity index (χ3v) is 4.74. The number of para-hydroxylation sites is 1. The van der Waals surface area contributed by atoms with Gasteiger partial charge in [-0.2, -0.15) is 5.26 Å². The summed E-state index contributed by atoms with van der Waals surface area (Å²) in [6.07, 6.45) is 2.92. The van der Waals surface area contributed by atoms with Crippen LogP contribution in [0.3, 0.4) is 0 Å². The Kier molecular flexibility index (Phi) is 5.77. The van der Waals surface area contributed by atoms with Crippen LogP contribution in [0.25, 0.3) is 11.1 Å². The Morgan fingerprint density at radius 3 is 2.63 bits per heavy atom. The molecule has 0 saturated carbocycles. The number of hydrogen-bond donors (Lipinski definition) is 0. The van der Waals surface area contributed by atoms with Gasteiger partial charge in [-0.3, -0.25) is 4.79 Å². The first-order chi connectivity index (χ1) is 13.2. The molecule has 138 valence electrons. The average Bonchev–Trinajstić information content (AvgIpc) is 2.73. The van der Waals surface area contributed by atoms with Crippen LogP contribution >= 0.6 is 0 Å². The lowest BCUT2D eigenvalue weighted by Crippen LogP contribution is -2.41. The van der Waals surface area contributed by atoms with E-state index < -0.39 is 0 Å². The van der Waals surface area contributed by atoms with Gasteiger partial charge in [-0.25, -0.2) is 0 Å². The van der Waals surface area contributed by atoms with Crippen LogP contribution in [0.1, 0.15) is 18.4 Å². The van der Waals surface area contributed by atoms with Crippen molar-refractivity contribution in [3.8, 4) is 28.7 Å². The molecule has 0 aromatic heterocycles. The first-order valence-electron chi connectivity index (χ1n) is 8.91. The number of nitrogens with zero attached hydrogens (tertiary/aromatic N) is 2. The average molecular weight is 362 g/mol. The predicted molar refractivity (Wildman–Crippen MR) is 104 cm³/mol. The first-order valence-corrected chi connectivity index (χ1v) is 8.91. The highest BCUT2D eigenvalue weighted by Gasteiger charge is 2.23. The van der Waals surface area contributed by atoms with Crippen molar-refractivity contribution in [2.75, 3.05) is 20.2 Å². The second kappa shape index (κ2) is 8.41. The third-order valence-electron chi connectivity index (χ3n) is 4.74. The molecule has 0 N–H and O–H groups in total. The lowest BCUT2D eigenvalue weighted by Gasteiger charge is -2.31. The number of ether oxygens (including phenoxy) is 2. The fraction of sp³-hybridized carbons (Fsp3) is 0.273. The monoisotopic (exact) mass is 362 g/mol. The van der Waals surface area contributed by atoms with Crippen LogP contribution in [0.15, 0.2) is 55.1 Å². The maximum atomic E-state index is 11.7. The molecule has 1 heterocycles. The SMILES string of the molecule is C=CC(=O)N1CCC(Oc2ccc(C#N)c(-c3ccccc3OC)c2)CC1. The Balaban J connectivity index is 1.80. The van der Waals surface area contributed by atoms with Gasteiger partial charge in [-0.15, -0.1) is 0 Å². The fourth-order valence-electron chi connectivity index (χ4n) is 3.30. The van der Waals surface area contributed by atoms with Gasteiger partial charge in [-0.1, -0.05) is 24.8 Å². The zero-order valence-electron chi connectivity index (χ0n) is 15.4. The summed E-state index contributed by atoms with van der Waals surface area (Å²) in [5.74, 6) is 1.39. The van der Waals surface area contributed by atoms with Gasteiger partial charge in [0.25, 0.3) is 0 Å². The van der Waals surface area contributed by atoms with Gasteiger partial charge in [0.15, 0.2) is 0 Å². The van der Waals surface area contributed by atoms with Crippen LogP contribution in [-0.4, -0.2) is 37.1 Å². The van der Waals surface area contributed by atoms with Crippen molar-refractivity contribution in [3.05, 3.63) is 60.7 Å². The number of carbonyl (C=O) groups is 1. The third kappa shape index (κ3) is 4.12. The molecular weight excluding hydrogens is 340 g/mol. The van der Waals surface area contributed by atoms with E-state index in [9.17, 15) is 10.1 Å². The second-order valence-electron chi connectivity index (χ2n) is 6.37. The number of benzene rings is 2. The molecule has 3 rings (SSSR count). The van der Waals surface area contributed by atoms with Crippen molar-refractivity contribution >= 4 is 5.91 Å². The molecule has 5 heteroatoms. The van der Waals surface area contributed by atoms with Crippen LogP contribution in [0.4, 0.5) is 0 Å². The molecule has 1 amide bonds. The molecule has 0 aliphatic carbocycles. The Morgan fingerprint density at radius 1 is 1.22 bits per heavy atom. The topological polar surface area (TPSA) is 62.6 Å². The number of methoxy groups -OCH3 is 1. The van der Waals surface area contributed by atoms with E-state index in [0.29, 0.717) is 30.2 Å². The maximum Gasteiger partial charge on any atom is 0.245 e. The standard InChI is InChI=1S/C22H22N2O3/c1-3-22(25)24-12-10-17(11-13-24)27-18-9-8-16(15-23)20(14-18)19-6-4-5-7-21(19)26-2/h3-9,14,17H,1,10-13H2,2H3. The lowest BCUT2D eigenvalue weighted by molar-refractivity contribution is -0.127. The van der Waals surface area contributed by atoms with E-state index in [0.717, 1.165) is 24.0 Å². The van der Waals surface area contributed by atoms with Crippen molar-refractivity contribution in [1.82, 2.24) is 4.90 Å². The minimum absolute atomic E-state index is 0.0368. The molecule has 0 radical (unpaired) electrons. The summed E-state index contributed by atoms with van der Waals surface area (Å²) >= 11 is 0. The van der Waals surface area contributed by atoms with E-state index in [4.69, 9.17) is 9.47 Å². The number of nitriles is 1. The Hall–Kier alpha value is -3.26. The molecule has 27 heavy (non-hydrogen) atoms. The largest absolute Gasteiger partial charge is 0.496 e. The zero-order valence-corrected chi connectivity index (χ0v) is 15.4. The van der Waals surface area contributed by atoms with Gasteiger partial charge < -0.3 is 14.4 Å². The molecule has 5 nitrogen and oxygen atoms in total. The minimum Gasteiger partial charge on any atom is -0.496 e. The highest BCUT2D eigenvalue weighted by molar-refractivity contribution is 5.87.